The van der Waals surface area contributed by atoms with Gasteiger partial charge < -0.3 is 14.8 Å². The van der Waals surface area contributed by atoms with Crippen LogP contribution in [0.15, 0.2) is 18.2 Å². The van der Waals surface area contributed by atoms with E-state index in [4.69, 9.17) is 21.1 Å². The summed E-state index contributed by atoms with van der Waals surface area (Å²) in [4.78, 5) is 0. The molecule has 3 nitrogen and oxygen atoms in total. The number of halogens is 1. The fourth-order valence-electron chi connectivity index (χ4n) is 2.26. The standard InChI is InChI=1S/C15H22ClNO2/c1-3-17-9-12-5-6-13(19-12)10-18-15-8-11(2)4-7-14(15)16/h4,7-8,12-13,17H,3,5-6,9-10H2,1-2H3. The Morgan fingerprint density at radius 1 is 1.37 bits per heavy atom. The van der Waals surface area contributed by atoms with E-state index in [0.717, 1.165) is 37.2 Å². The van der Waals surface area contributed by atoms with Gasteiger partial charge in [-0.2, -0.15) is 0 Å². The van der Waals surface area contributed by atoms with E-state index in [1.807, 2.05) is 25.1 Å². The molecule has 1 aliphatic heterocycles. The van der Waals surface area contributed by atoms with E-state index >= 15 is 0 Å². The Labute approximate surface area is 120 Å². The zero-order chi connectivity index (χ0) is 13.7. The quantitative estimate of drug-likeness (QED) is 0.870. The van der Waals surface area contributed by atoms with E-state index in [0.29, 0.717) is 17.7 Å². The Hall–Kier alpha value is -0.770. The van der Waals surface area contributed by atoms with Gasteiger partial charge >= 0.3 is 0 Å². The second-order valence-electron chi connectivity index (χ2n) is 5.01. The average Bonchev–Trinajstić information content (AvgIpc) is 2.85. The summed E-state index contributed by atoms with van der Waals surface area (Å²) in [6.45, 7) is 6.63. The van der Waals surface area contributed by atoms with Crippen molar-refractivity contribution in [2.24, 2.45) is 0 Å². The van der Waals surface area contributed by atoms with E-state index in [9.17, 15) is 0 Å². The van der Waals surface area contributed by atoms with Crippen molar-refractivity contribution in [3.05, 3.63) is 28.8 Å². The molecule has 1 heterocycles. The van der Waals surface area contributed by atoms with Crippen molar-refractivity contribution in [2.75, 3.05) is 19.7 Å². The number of aryl methyl sites for hydroxylation is 1. The highest BCUT2D eigenvalue weighted by Crippen LogP contribution is 2.27. The van der Waals surface area contributed by atoms with Gasteiger partial charge in [0, 0.05) is 6.54 Å². The van der Waals surface area contributed by atoms with Crippen LogP contribution < -0.4 is 10.1 Å². The summed E-state index contributed by atoms with van der Waals surface area (Å²) < 4.78 is 11.7. The summed E-state index contributed by atoms with van der Waals surface area (Å²) >= 11 is 6.10. The van der Waals surface area contributed by atoms with Crippen LogP contribution in [0.25, 0.3) is 0 Å². The van der Waals surface area contributed by atoms with Gasteiger partial charge in [-0.15, -0.1) is 0 Å². The number of hydrogen-bond acceptors (Lipinski definition) is 3. The summed E-state index contributed by atoms with van der Waals surface area (Å²) in [7, 11) is 0. The first-order valence-corrected chi connectivity index (χ1v) is 7.32. The second kappa shape index (κ2) is 7.13. The molecule has 0 spiro atoms. The van der Waals surface area contributed by atoms with Crippen LogP contribution >= 0.6 is 11.6 Å². The van der Waals surface area contributed by atoms with E-state index < -0.39 is 0 Å². The van der Waals surface area contributed by atoms with E-state index in [-0.39, 0.29) is 6.10 Å². The molecule has 0 bridgehead atoms. The van der Waals surface area contributed by atoms with Crippen molar-refractivity contribution < 1.29 is 9.47 Å². The van der Waals surface area contributed by atoms with Crippen molar-refractivity contribution in [2.45, 2.75) is 38.9 Å². The van der Waals surface area contributed by atoms with Gasteiger partial charge in [0.1, 0.15) is 12.4 Å². The maximum atomic E-state index is 6.10. The molecule has 19 heavy (non-hydrogen) atoms. The van der Waals surface area contributed by atoms with Gasteiger partial charge in [-0.05, 0) is 44.0 Å². The predicted octanol–water partition coefficient (Wildman–Crippen LogP) is 3.18. The number of ether oxygens (including phenoxy) is 2. The lowest BCUT2D eigenvalue weighted by atomic mass is 10.2. The number of likely N-dealkylation sites (N-methyl/N-ethyl adjacent to an activating group) is 1. The molecule has 2 rings (SSSR count). The summed E-state index contributed by atoms with van der Waals surface area (Å²) in [6.07, 6.45) is 2.66. The molecule has 0 radical (unpaired) electrons. The van der Waals surface area contributed by atoms with Gasteiger partial charge in [0.15, 0.2) is 0 Å². The van der Waals surface area contributed by atoms with Gasteiger partial charge in [0.2, 0.25) is 0 Å². The molecule has 1 N–H and O–H groups in total. The Kier molecular flexibility index (Phi) is 5.49. The smallest absolute Gasteiger partial charge is 0.138 e. The van der Waals surface area contributed by atoms with Gasteiger partial charge in [-0.3, -0.25) is 0 Å². The molecule has 1 aromatic carbocycles. The van der Waals surface area contributed by atoms with Crippen molar-refractivity contribution in [3.8, 4) is 5.75 Å². The minimum absolute atomic E-state index is 0.181. The average molecular weight is 284 g/mol. The SMILES string of the molecule is CCNCC1CCC(COc2cc(C)ccc2Cl)O1. The first-order chi connectivity index (χ1) is 9.19. The van der Waals surface area contributed by atoms with Crippen LogP contribution in [0, 0.1) is 6.92 Å². The topological polar surface area (TPSA) is 30.5 Å². The zero-order valence-electron chi connectivity index (χ0n) is 11.6. The van der Waals surface area contributed by atoms with Crippen molar-refractivity contribution in [3.63, 3.8) is 0 Å². The van der Waals surface area contributed by atoms with Gasteiger partial charge in [-0.1, -0.05) is 24.6 Å². The number of nitrogens with one attached hydrogen (secondary N) is 1. The number of hydrogen-bond donors (Lipinski definition) is 1. The summed E-state index contributed by atoms with van der Waals surface area (Å²) in [6, 6.07) is 5.82. The molecule has 1 aliphatic rings. The Bertz CT molecular complexity index is 411. The molecular weight excluding hydrogens is 262 g/mol. The largest absolute Gasteiger partial charge is 0.489 e. The summed E-state index contributed by atoms with van der Waals surface area (Å²) in [5.41, 5.74) is 1.15. The summed E-state index contributed by atoms with van der Waals surface area (Å²) in [5, 5.41) is 3.97. The van der Waals surface area contributed by atoms with Gasteiger partial charge in [0.25, 0.3) is 0 Å². The van der Waals surface area contributed by atoms with Crippen molar-refractivity contribution >= 4 is 11.6 Å². The fourth-order valence-corrected chi connectivity index (χ4v) is 2.43. The third-order valence-electron chi connectivity index (χ3n) is 3.33. The molecule has 2 atom stereocenters. The summed E-state index contributed by atoms with van der Waals surface area (Å²) in [5.74, 6) is 0.750. The Morgan fingerprint density at radius 2 is 2.16 bits per heavy atom. The first kappa shape index (κ1) is 14.6. The number of rotatable bonds is 6. The van der Waals surface area contributed by atoms with E-state index in [2.05, 4.69) is 12.2 Å². The molecule has 0 aromatic heterocycles. The van der Waals surface area contributed by atoms with Crippen molar-refractivity contribution in [1.29, 1.82) is 0 Å². The Balaban J connectivity index is 1.78. The minimum atomic E-state index is 0.181. The van der Waals surface area contributed by atoms with Crippen LogP contribution in [0.4, 0.5) is 0 Å². The maximum Gasteiger partial charge on any atom is 0.138 e. The van der Waals surface area contributed by atoms with Crippen LogP contribution in [0.2, 0.25) is 5.02 Å². The normalized spacial score (nSPS) is 22.7. The lowest BCUT2D eigenvalue weighted by Gasteiger charge is -2.15. The Morgan fingerprint density at radius 3 is 2.95 bits per heavy atom. The molecule has 1 aromatic rings. The molecule has 2 unspecified atom stereocenters. The molecular formula is C15H22ClNO2. The van der Waals surface area contributed by atoms with E-state index in [1.54, 1.807) is 0 Å². The lowest BCUT2D eigenvalue weighted by molar-refractivity contribution is 0.0188. The van der Waals surface area contributed by atoms with Crippen LogP contribution in [0.3, 0.4) is 0 Å². The molecule has 0 aliphatic carbocycles. The van der Waals surface area contributed by atoms with Gasteiger partial charge in [0.05, 0.1) is 17.2 Å². The number of benzene rings is 1. The van der Waals surface area contributed by atoms with E-state index in [1.165, 1.54) is 0 Å². The van der Waals surface area contributed by atoms with Crippen LogP contribution in [0.5, 0.6) is 5.75 Å². The molecule has 1 saturated heterocycles. The zero-order valence-corrected chi connectivity index (χ0v) is 12.4. The highest BCUT2D eigenvalue weighted by atomic mass is 35.5. The molecule has 0 amide bonds. The maximum absolute atomic E-state index is 6.10. The second-order valence-corrected chi connectivity index (χ2v) is 5.42. The predicted molar refractivity (Wildman–Crippen MR) is 78.1 cm³/mol. The van der Waals surface area contributed by atoms with Crippen LogP contribution in [-0.2, 0) is 4.74 Å². The fraction of sp³-hybridized carbons (Fsp3) is 0.600. The molecule has 0 saturated carbocycles. The van der Waals surface area contributed by atoms with Crippen molar-refractivity contribution in [1.82, 2.24) is 5.32 Å². The van der Waals surface area contributed by atoms with Crippen LogP contribution in [0.1, 0.15) is 25.3 Å². The molecule has 4 heteroatoms. The van der Waals surface area contributed by atoms with Crippen LogP contribution in [-0.4, -0.2) is 31.9 Å². The lowest BCUT2D eigenvalue weighted by Crippen LogP contribution is -2.28. The highest BCUT2D eigenvalue weighted by molar-refractivity contribution is 6.32. The molecule has 1 fully saturated rings. The third-order valence-corrected chi connectivity index (χ3v) is 3.64. The third kappa shape index (κ3) is 4.37. The highest BCUT2D eigenvalue weighted by Gasteiger charge is 2.25. The minimum Gasteiger partial charge on any atom is -0.489 e. The monoisotopic (exact) mass is 283 g/mol. The van der Waals surface area contributed by atoms with Gasteiger partial charge in [-0.25, -0.2) is 0 Å². The first-order valence-electron chi connectivity index (χ1n) is 6.94. The molecule has 106 valence electrons.